The number of rotatable bonds is 4. The third-order valence-corrected chi connectivity index (χ3v) is 4.90. The molecule has 6 heteroatoms. The SMILES string of the molecule is Cc1ccc(N=C(NN=Cc2ccc3c(c2)OCO3)c2ccc3ccccc3n2)cc1. The van der Waals surface area contributed by atoms with Gasteiger partial charge in [-0.25, -0.2) is 9.98 Å². The number of fused-ring (bicyclic) bond motifs is 2. The fraction of sp³-hybridized carbons (Fsp3) is 0.0800. The van der Waals surface area contributed by atoms with Crippen molar-refractivity contribution in [1.82, 2.24) is 10.4 Å². The molecule has 0 saturated heterocycles. The summed E-state index contributed by atoms with van der Waals surface area (Å²) in [5.74, 6) is 2.02. The minimum atomic E-state index is 0.245. The first kappa shape index (κ1) is 18.8. The van der Waals surface area contributed by atoms with Crippen LogP contribution in [0.15, 0.2) is 89.0 Å². The van der Waals surface area contributed by atoms with Crippen LogP contribution in [-0.4, -0.2) is 23.8 Å². The second-order valence-electron chi connectivity index (χ2n) is 7.17. The maximum Gasteiger partial charge on any atom is 0.231 e. The van der Waals surface area contributed by atoms with Gasteiger partial charge in [0.15, 0.2) is 17.3 Å². The predicted molar refractivity (Wildman–Crippen MR) is 122 cm³/mol. The van der Waals surface area contributed by atoms with E-state index in [1.807, 2.05) is 85.8 Å². The number of nitrogens with zero attached hydrogens (tertiary/aromatic N) is 3. The fourth-order valence-corrected chi connectivity index (χ4v) is 3.25. The third-order valence-electron chi connectivity index (χ3n) is 4.90. The fourth-order valence-electron chi connectivity index (χ4n) is 3.25. The Morgan fingerprint density at radius 2 is 1.77 bits per heavy atom. The summed E-state index contributed by atoms with van der Waals surface area (Å²) in [6.07, 6.45) is 1.72. The zero-order valence-corrected chi connectivity index (χ0v) is 16.9. The summed E-state index contributed by atoms with van der Waals surface area (Å²) < 4.78 is 10.8. The molecule has 0 bridgehead atoms. The van der Waals surface area contributed by atoms with E-state index < -0.39 is 0 Å². The second kappa shape index (κ2) is 8.28. The van der Waals surface area contributed by atoms with Crippen LogP contribution in [0.5, 0.6) is 11.5 Å². The Balaban J connectivity index is 1.46. The first-order valence-electron chi connectivity index (χ1n) is 9.95. The van der Waals surface area contributed by atoms with Crippen molar-refractivity contribution in [2.45, 2.75) is 6.92 Å². The summed E-state index contributed by atoms with van der Waals surface area (Å²) in [4.78, 5) is 9.51. The molecule has 152 valence electrons. The van der Waals surface area contributed by atoms with Crippen molar-refractivity contribution >= 4 is 28.6 Å². The molecule has 2 heterocycles. The van der Waals surface area contributed by atoms with Gasteiger partial charge in [0.2, 0.25) is 6.79 Å². The molecular weight excluding hydrogens is 388 g/mol. The van der Waals surface area contributed by atoms with Gasteiger partial charge in [-0.1, -0.05) is 42.0 Å². The van der Waals surface area contributed by atoms with E-state index in [9.17, 15) is 0 Å². The number of aryl methyl sites for hydroxylation is 1. The summed E-state index contributed by atoms with van der Waals surface area (Å²) in [6, 6.07) is 25.6. The van der Waals surface area contributed by atoms with Crippen LogP contribution >= 0.6 is 0 Å². The number of amidine groups is 1. The van der Waals surface area contributed by atoms with Crippen molar-refractivity contribution in [2.75, 3.05) is 6.79 Å². The molecule has 0 radical (unpaired) electrons. The van der Waals surface area contributed by atoms with Crippen molar-refractivity contribution < 1.29 is 9.47 Å². The highest BCUT2D eigenvalue weighted by molar-refractivity contribution is 6.00. The molecule has 1 aliphatic heterocycles. The number of ether oxygens (including phenoxy) is 2. The minimum absolute atomic E-state index is 0.245. The van der Waals surface area contributed by atoms with Crippen LogP contribution in [-0.2, 0) is 0 Å². The Morgan fingerprint density at radius 3 is 2.68 bits per heavy atom. The molecule has 0 spiro atoms. The highest BCUT2D eigenvalue weighted by Crippen LogP contribution is 2.32. The molecule has 0 unspecified atom stereocenters. The third kappa shape index (κ3) is 4.23. The summed E-state index contributed by atoms with van der Waals surface area (Å²) in [7, 11) is 0. The Morgan fingerprint density at radius 1 is 0.935 bits per heavy atom. The average Bonchev–Trinajstić information content (AvgIpc) is 3.27. The molecule has 0 fully saturated rings. The molecule has 0 atom stereocenters. The average molecular weight is 408 g/mol. The van der Waals surface area contributed by atoms with Crippen molar-refractivity contribution in [2.24, 2.45) is 10.1 Å². The molecular formula is C25H20N4O2. The van der Waals surface area contributed by atoms with Crippen LogP contribution in [0.4, 0.5) is 5.69 Å². The number of nitrogens with one attached hydrogen (secondary N) is 1. The zero-order chi connectivity index (χ0) is 21.0. The van der Waals surface area contributed by atoms with E-state index in [0.29, 0.717) is 17.3 Å². The lowest BCUT2D eigenvalue weighted by molar-refractivity contribution is 0.174. The molecule has 6 nitrogen and oxygen atoms in total. The molecule has 1 aromatic heterocycles. The van der Waals surface area contributed by atoms with Crippen LogP contribution in [0.1, 0.15) is 16.8 Å². The van der Waals surface area contributed by atoms with Crippen LogP contribution in [0.2, 0.25) is 0 Å². The van der Waals surface area contributed by atoms with E-state index in [1.54, 1.807) is 6.21 Å². The summed E-state index contributed by atoms with van der Waals surface area (Å²) in [6.45, 7) is 2.29. The second-order valence-corrected chi connectivity index (χ2v) is 7.17. The van der Waals surface area contributed by atoms with Gasteiger partial charge in [-0.3, -0.25) is 5.43 Å². The quantitative estimate of drug-likeness (QED) is 0.294. The molecule has 0 amide bonds. The molecule has 0 saturated carbocycles. The number of aliphatic imine (C=N–C) groups is 1. The van der Waals surface area contributed by atoms with Crippen molar-refractivity contribution in [3.8, 4) is 11.5 Å². The van der Waals surface area contributed by atoms with E-state index in [-0.39, 0.29) is 6.79 Å². The number of hydrogen-bond donors (Lipinski definition) is 1. The van der Waals surface area contributed by atoms with Gasteiger partial charge in [-0.05, 0) is 55.0 Å². The number of pyridine rings is 1. The first-order valence-corrected chi connectivity index (χ1v) is 9.95. The predicted octanol–water partition coefficient (Wildman–Crippen LogP) is 4.97. The molecule has 31 heavy (non-hydrogen) atoms. The summed E-state index contributed by atoms with van der Waals surface area (Å²) >= 11 is 0. The molecule has 5 rings (SSSR count). The number of hydrogen-bond acceptors (Lipinski definition) is 5. The highest BCUT2D eigenvalue weighted by atomic mass is 16.7. The van der Waals surface area contributed by atoms with Crippen LogP contribution in [0.25, 0.3) is 10.9 Å². The van der Waals surface area contributed by atoms with E-state index in [1.165, 1.54) is 5.56 Å². The monoisotopic (exact) mass is 408 g/mol. The van der Waals surface area contributed by atoms with Crippen LogP contribution in [0.3, 0.4) is 0 Å². The largest absolute Gasteiger partial charge is 0.454 e. The van der Waals surface area contributed by atoms with Gasteiger partial charge in [0.05, 0.1) is 17.4 Å². The van der Waals surface area contributed by atoms with E-state index in [4.69, 9.17) is 19.5 Å². The van der Waals surface area contributed by atoms with Crippen LogP contribution in [0, 0.1) is 6.92 Å². The van der Waals surface area contributed by atoms with E-state index in [2.05, 4.69) is 10.5 Å². The molecule has 1 aliphatic rings. The summed E-state index contributed by atoms with van der Waals surface area (Å²) in [5, 5.41) is 5.47. The highest BCUT2D eigenvalue weighted by Gasteiger charge is 2.12. The lowest BCUT2D eigenvalue weighted by Gasteiger charge is -2.07. The maximum absolute atomic E-state index is 5.43. The topological polar surface area (TPSA) is 68.1 Å². The van der Waals surface area contributed by atoms with Gasteiger partial charge < -0.3 is 9.47 Å². The van der Waals surface area contributed by atoms with Crippen molar-refractivity contribution in [1.29, 1.82) is 0 Å². The summed E-state index contributed by atoms with van der Waals surface area (Å²) in [5.41, 5.74) is 7.56. The first-order chi connectivity index (χ1) is 15.2. The Bertz CT molecular complexity index is 1300. The molecule has 3 aromatic carbocycles. The molecule has 4 aromatic rings. The normalized spacial score (nSPS) is 13.1. The van der Waals surface area contributed by atoms with Crippen molar-refractivity contribution in [3.05, 3.63) is 95.7 Å². The smallest absolute Gasteiger partial charge is 0.231 e. The van der Waals surface area contributed by atoms with E-state index in [0.717, 1.165) is 27.9 Å². The lowest BCUT2D eigenvalue weighted by Crippen LogP contribution is -2.20. The zero-order valence-electron chi connectivity index (χ0n) is 16.9. The molecule has 1 N–H and O–H groups in total. The number of hydrazone groups is 1. The standard InChI is InChI=1S/C25H20N4O2/c1-17-6-10-20(11-7-17)27-25(22-12-9-19-4-2-3-5-21(19)28-22)29-26-15-18-8-13-23-24(14-18)31-16-30-23/h2-15H,16H2,1H3,(H,27,29). The van der Waals surface area contributed by atoms with Gasteiger partial charge >= 0.3 is 0 Å². The molecule has 0 aliphatic carbocycles. The van der Waals surface area contributed by atoms with Gasteiger partial charge in [0.25, 0.3) is 0 Å². The number of para-hydroxylation sites is 1. The van der Waals surface area contributed by atoms with Gasteiger partial charge in [0.1, 0.15) is 5.69 Å². The maximum atomic E-state index is 5.43. The van der Waals surface area contributed by atoms with Gasteiger partial charge in [0, 0.05) is 5.39 Å². The van der Waals surface area contributed by atoms with Crippen molar-refractivity contribution in [3.63, 3.8) is 0 Å². The van der Waals surface area contributed by atoms with E-state index >= 15 is 0 Å². The Labute approximate surface area is 179 Å². The van der Waals surface area contributed by atoms with Gasteiger partial charge in [-0.15, -0.1) is 0 Å². The number of benzene rings is 3. The number of aromatic nitrogens is 1. The van der Waals surface area contributed by atoms with Gasteiger partial charge in [-0.2, -0.15) is 5.10 Å². The lowest BCUT2D eigenvalue weighted by atomic mass is 10.2. The Hall–Kier alpha value is -4.19. The Kier molecular flexibility index (Phi) is 5.02. The minimum Gasteiger partial charge on any atom is -0.454 e. The van der Waals surface area contributed by atoms with Crippen LogP contribution < -0.4 is 14.9 Å².